The Morgan fingerprint density at radius 2 is 0.162 bits per heavy atom. The quantitative estimate of drug-likeness (QED) is 0.153. The van der Waals surface area contributed by atoms with Gasteiger partial charge < -0.3 is 15.1 Å². The lowest BCUT2D eigenvalue weighted by molar-refractivity contribution is 0.505. The zero-order valence-electron chi connectivity index (χ0n) is 82.2. The minimum Gasteiger partial charge on any atom is -0.323 e. The molecule has 694 valence electrons. The molecule has 0 atom stereocenters. The molecule has 0 fully saturated rings. The first kappa shape index (κ1) is 95.3. The van der Waals surface area contributed by atoms with E-state index in [4.69, 9.17) is 0 Å². The molecule has 20 aromatic carbocycles. The Labute approximate surface area is 864 Å². The van der Waals surface area contributed by atoms with Crippen LogP contribution in [0.15, 0.2) is 485 Å². The van der Waals surface area contributed by atoms with Crippen LogP contribution in [-0.4, -0.2) is 83.7 Å². The van der Waals surface area contributed by atoms with E-state index in [9.17, 15) is 0 Å². The molecule has 1 N–H and O–H groups in total. The Morgan fingerprint density at radius 3 is 0.211 bits per heavy atom. The highest BCUT2D eigenvalue weighted by molar-refractivity contribution is 9.09. The zero-order valence-corrected chi connectivity index (χ0v) is 87.0. The lowest BCUT2D eigenvalue weighted by Crippen LogP contribution is -2.25. The standard InChI is InChI=1S/5C25H16.2C3H9N.C2H7N.3CH3Br/c5*1-5-13-21-17(9-1)18-10-2-6-14-22(18)25(21)23-15-7-3-11-19(23)20-12-4-8-16-24(20)25;2*1-4(2)3;1-3-2;3*1-2/h5*1-16H;2*1-3H3;3H,1-2H3;3*1H3. The molecule has 30 rings (SSSR count). The molecule has 0 heterocycles. The molecule has 0 bridgehead atoms. The Bertz CT molecular complexity index is 6060. The highest BCUT2D eigenvalue weighted by Gasteiger charge is 2.57. The van der Waals surface area contributed by atoms with E-state index in [-0.39, 0.29) is 27.1 Å². The van der Waals surface area contributed by atoms with E-state index >= 15 is 0 Å². The van der Waals surface area contributed by atoms with Crippen molar-refractivity contribution in [2.75, 3.05) is 73.9 Å². The maximum atomic E-state index is 2.94. The number of benzene rings is 20. The lowest BCUT2D eigenvalue weighted by atomic mass is 9.70. The van der Waals surface area contributed by atoms with Crippen molar-refractivity contribution in [2.45, 2.75) is 27.1 Å². The second-order valence-electron chi connectivity index (χ2n) is 37.8. The number of fused-ring (bicyclic) bond motifs is 50. The molecule has 0 saturated heterocycles. The topological polar surface area (TPSA) is 18.5 Å². The molecule has 20 aromatic rings. The van der Waals surface area contributed by atoms with Crippen LogP contribution in [0.4, 0.5) is 0 Å². The number of rotatable bonds is 0. The molecule has 0 amide bonds. The Morgan fingerprint density at radius 1 is 0.120 bits per heavy atom. The van der Waals surface area contributed by atoms with Crippen LogP contribution in [0.25, 0.3) is 111 Å². The summed E-state index contributed by atoms with van der Waals surface area (Å²) >= 11 is 8.81. The smallest absolute Gasteiger partial charge is 0.0725 e. The third-order valence-electron chi connectivity index (χ3n) is 29.5. The Balaban J connectivity index is 0.000000104. The van der Waals surface area contributed by atoms with Gasteiger partial charge in [0.05, 0.1) is 27.1 Å². The summed E-state index contributed by atoms with van der Waals surface area (Å²) in [5.41, 5.74) is 54.6. The van der Waals surface area contributed by atoms with E-state index in [0.717, 1.165) is 0 Å². The van der Waals surface area contributed by atoms with Crippen molar-refractivity contribution in [3.05, 3.63) is 597 Å². The minimum atomic E-state index is -0.180. The van der Waals surface area contributed by atoms with Gasteiger partial charge in [-0.1, -0.05) is 533 Å². The summed E-state index contributed by atoms with van der Waals surface area (Å²) in [7, 11) is 15.8. The van der Waals surface area contributed by atoms with Crippen molar-refractivity contribution in [3.8, 4) is 111 Å². The third kappa shape index (κ3) is 14.6. The SMILES string of the molecule is CBr.CBr.CBr.CN(C)C.CN(C)C.CNC.c1ccc2c(c1)-c1ccccc1C21c2ccccc2-c2ccccc21.c1ccc2c(c1)-c1ccccc1C21c2ccccc2-c2ccccc21.c1ccc2c(c1)-c1ccccc1C21c2ccccc2-c2ccccc21.c1ccc2c(c1)-c1ccccc1C21c2ccccc2-c2ccccc21.c1ccc2c(c1)-c1ccccc1C21c2ccccc2-c2ccccc21. The van der Waals surface area contributed by atoms with Crippen molar-refractivity contribution in [3.63, 3.8) is 0 Å². The van der Waals surface area contributed by atoms with Crippen molar-refractivity contribution in [2.24, 2.45) is 0 Å². The van der Waals surface area contributed by atoms with Gasteiger partial charge in [0.15, 0.2) is 0 Å². The molecule has 6 heteroatoms. The normalized spacial score (nSPS) is 13.7. The number of nitrogens with one attached hydrogen (secondary N) is 1. The summed E-state index contributed by atoms with van der Waals surface area (Å²) in [6, 6.07) is 178. The van der Waals surface area contributed by atoms with Gasteiger partial charge in [-0.05, 0) is 296 Å². The van der Waals surface area contributed by atoms with Crippen LogP contribution in [0.3, 0.4) is 0 Å². The Hall–Kier alpha value is -14.3. The molecular formula is C136H114Br3N3. The molecule has 3 nitrogen and oxygen atoms in total. The third-order valence-corrected chi connectivity index (χ3v) is 29.5. The van der Waals surface area contributed by atoms with Crippen LogP contribution >= 0.6 is 47.8 Å². The van der Waals surface area contributed by atoms with Crippen LogP contribution in [-0.2, 0) is 27.1 Å². The number of alkyl halides is 3. The van der Waals surface area contributed by atoms with Crippen LogP contribution in [0.2, 0.25) is 0 Å². The molecule has 0 saturated carbocycles. The van der Waals surface area contributed by atoms with Crippen molar-refractivity contribution in [1.29, 1.82) is 0 Å². The molecule has 0 aromatic heterocycles. The van der Waals surface area contributed by atoms with Gasteiger partial charge in [0.2, 0.25) is 0 Å². The van der Waals surface area contributed by atoms with Crippen molar-refractivity contribution < 1.29 is 0 Å². The van der Waals surface area contributed by atoms with Crippen molar-refractivity contribution in [1.82, 2.24) is 15.1 Å². The fourth-order valence-corrected chi connectivity index (χ4v) is 25.3. The predicted octanol–water partition coefficient (Wildman–Crippen LogP) is 33.4. The van der Waals surface area contributed by atoms with Gasteiger partial charge in [-0.2, -0.15) is 0 Å². The summed E-state index contributed by atoms with van der Waals surface area (Å²) in [5, 5.41) is 2.75. The van der Waals surface area contributed by atoms with Crippen LogP contribution < -0.4 is 5.32 Å². The van der Waals surface area contributed by atoms with E-state index in [1.807, 2.05) is 83.7 Å². The first-order valence-corrected chi connectivity index (χ1v) is 53.6. The minimum absolute atomic E-state index is 0.180. The molecule has 0 radical (unpaired) electrons. The first-order chi connectivity index (χ1) is 70.0. The number of hydrogen-bond acceptors (Lipinski definition) is 3. The second kappa shape index (κ2) is 40.4. The van der Waals surface area contributed by atoms with Crippen LogP contribution in [0, 0.1) is 0 Å². The molecule has 5 spiro atoms. The van der Waals surface area contributed by atoms with Crippen LogP contribution in [0.1, 0.15) is 111 Å². The van der Waals surface area contributed by atoms with Gasteiger partial charge in [0.25, 0.3) is 0 Å². The van der Waals surface area contributed by atoms with Crippen molar-refractivity contribution >= 4 is 47.8 Å². The van der Waals surface area contributed by atoms with E-state index < -0.39 is 0 Å². The largest absolute Gasteiger partial charge is 0.323 e. The first-order valence-electron chi connectivity index (χ1n) is 48.9. The van der Waals surface area contributed by atoms with E-state index in [1.54, 1.807) is 0 Å². The number of halogens is 3. The van der Waals surface area contributed by atoms with E-state index in [0.29, 0.717) is 0 Å². The van der Waals surface area contributed by atoms with E-state index in [2.05, 4.69) is 538 Å². The maximum absolute atomic E-state index is 2.94. The second-order valence-corrected chi connectivity index (χ2v) is 37.8. The number of hydrogen-bond donors (Lipinski definition) is 1. The summed E-state index contributed by atoms with van der Waals surface area (Å²) < 4.78 is 0. The molecule has 10 aliphatic carbocycles. The fraction of sp³-hybridized carbons (Fsp3) is 0.118. The van der Waals surface area contributed by atoms with E-state index in [1.165, 1.54) is 223 Å². The molecule has 10 aliphatic rings. The van der Waals surface area contributed by atoms with Gasteiger partial charge in [-0.15, -0.1) is 0 Å². The zero-order chi connectivity index (χ0) is 98.0. The molecular weight excluding hydrogens is 1920 g/mol. The van der Waals surface area contributed by atoms with Gasteiger partial charge >= 0.3 is 0 Å². The molecule has 0 aliphatic heterocycles. The molecule has 0 unspecified atom stereocenters. The number of nitrogens with zero attached hydrogens (tertiary/aromatic N) is 2. The predicted molar refractivity (Wildman–Crippen MR) is 612 cm³/mol. The summed E-state index contributed by atoms with van der Waals surface area (Å²) in [6.07, 6.45) is 0. The van der Waals surface area contributed by atoms with Crippen LogP contribution in [0.5, 0.6) is 0 Å². The molecule has 142 heavy (non-hydrogen) atoms. The monoisotopic (exact) mass is 2030 g/mol. The average Bonchev–Trinajstić information content (AvgIpc) is 1.54. The highest BCUT2D eigenvalue weighted by Crippen LogP contribution is 2.69. The summed E-state index contributed by atoms with van der Waals surface area (Å²) in [4.78, 5) is 4.00. The Kier molecular flexibility index (Phi) is 27.1. The average molecular weight is 2030 g/mol. The highest BCUT2D eigenvalue weighted by atomic mass is 79.9. The van der Waals surface area contributed by atoms with Gasteiger partial charge in [0.1, 0.15) is 0 Å². The fourth-order valence-electron chi connectivity index (χ4n) is 25.3. The van der Waals surface area contributed by atoms with Gasteiger partial charge in [0, 0.05) is 0 Å². The maximum Gasteiger partial charge on any atom is 0.0725 e. The lowest BCUT2D eigenvalue weighted by Gasteiger charge is -2.30. The summed E-state index contributed by atoms with van der Waals surface area (Å²) in [6.45, 7) is 0. The summed E-state index contributed by atoms with van der Waals surface area (Å²) in [5.74, 6) is 5.44. The van der Waals surface area contributed by atoms with Gasteiger partial charge in [-0.3, -0.25) is 0 Å². The van der Waals surface area contributed by atoms with Gasteiger partial charge in [-0.25, -0.2) is 0 Å².